The van der Waals surface area contributed by atoms with Crippen molar-refractivity contribution in [2.45, 2.75) is 129 Å². The molecule has 2 N–H and O–H groups in total. The highest BCUT2D eigenvalue weighted by molar-refractivity contribution is 5.98. The van der Waals surface area contributed by atoms with E-state index >= 15 is 0 Å². The maximum absolute atomic E-state index is 14.7. The lowest BCUT2D eigenvalue weighted by Gasteiger charge is -2.41. The van der Waals surface area contributed by atoms with E-state index in [-0.39, 0.29) is 32.4 Å². The number of rotatable bonds is 12. The normalized spacial score (nSPS) is 21.1. The average molecular weight is 717 g/mol. The monoisotopic (exact) mass is 716 g/mol. The summed E-state index contributed by atoms with van der Waals surface area (Å²) in [7, 11) is 1.15. The van der Waals surface area contributed by atoms with Crippen molar-refractivity contribution in [1.29, 1.82) is 0 Å². The highest BCUT2D eigenvalue weighted by Crippen LogP contribution is 2.36. The van der Waals surface area contributed by atoms with Crippen LogP contribution in [0, 0.1) is 6.92 Å². The van der Waals surface area contributed by atoms with Gasteiger partial charge in [-0.2, -0.15) is 0 Å². The Morgan fingerprint density at radius 2 is 1.47 bits per heavy atom. The van der Waals surface area contributed by atoms with Crippen LogP contribution in [-0.4, -0.2) is 113 Å². The first-order valence-electron chi connectivity index (χ1n) is 17.2. The Morgan fingerprint density at radius 3 is 2.02 bits per heavy atom. The van der Waals surface area contributed by atoms with Crippen LogP contribution in [-0.2, 0) is 54.1 Å². The Labute approximate surface area is 299 Å². The average Bonchev–Trinajstić information content (AvgIpc) is 3.69. The maximum Gasteiger partial charge on any atom is 0.408 e. The molecular formula is C36H52N4O11. The van der Waals surface area contributed by atoms with Gasteiger partial charge >= 0.3 is 24.0 Å². The fourth-order valence-electron chi connectivity index (χ4n) is 6.63. The fraction of sp³-hybridized carbons (Fsp3) is 0.639. The number of nitrogens with zero attached hydrogens (tertiary/aromatic N) is 2. The van der Waals surface area contributed by atoms with Gasteiger partial charge in [0, 0.05) is 33.4 Å². The van der Waals surface area contributed by atoms with Gasteiger partial charge in [0.2, 0.25) is 17.7 Å². The summed E-state index contributed by atoms with van der Waals surface area (Å²) >= 11 is 0. The van der Waals surface area contributed by atoms with Gasteiger partial charge in [-0.3, -0.25) is 24.0 Å². The summed E-state index contributed by atoms with van der Waals surface area (Å²) in [6, 6.07) is 3.75. The largest absolute Gasteiger partial charge is 0.467 e. The molecule has 15 nitrogen and oxygen atoms in total. The van der Waals surface area contributed by atoms with Gasteiger partial charge in [0.25, 0.3) is 0 Å². The van der Waals surface area contributed by atoms with E-state index in [9.17, 15) is 33.6 Å². The summed E-state index contributed by atoms with van der Waals surface area (Å²) in [4.78, 5) is 95.4. The van der Waals surface area contributed by atoms with Gasteiger partial charge in [0.05, 0.1) is 7.11 Å². The van der Waals surface area contributed by atoms with Crippen LogP contribution in [0.15, 0.2) is 24.3 Å². The third-order valence-electron chi connectivity index (χ3n) is 8.94. The van der Waals surface area contributed by atoms with E-state index in [4.69, 9.17) is 18.9 Å². The van der Waals surface area contributed by atoms with Crippen molar-refractivity contribution < 1.29 is 52.5 Å². The third kappa shape index (κ3) is 10.4. The minimum Gasteiger partial charge on any atom is -0.467 e. The number of aryl methyl sites for hydroxylation is 1. The Bertz CT molecular complexity index is 1470. The molecule has 0 radical (unpaired) electrons. The first kappa shape index (κ1) is 40.7. The SMILES string of the molecule is COC(=O)C(NC(=O)[C@]1(Cc2ccc(C)cc2)CCCN1C(=O)[C@@H]1CCCN1C(=O)C(NC(=O)OC(C)(C)C)C(C)OC(C)=O)C(C)OC(C)=O. The molecule has 0 saturated carbocycles. The van der Waals surface area contributed by atoms with Gasteiger partial charge < -0.3 is 39.4 Å². The summed E-state index contributed by atoms with van der Waals surface area (Å²) < 4.78 is 20.8. The number of esters is 3. The standard InChI is InChI=1S/C36H52N4O11/c1-21-13-15-26(16-14-21)20-36(33(46)37-29(32(45)48-9)23(3)50-25(5)42)17-11-19-40(36)30(43)27-12-10-18-39(27)31(44)28(22(2)49-24(4)41)38-34(47)51-35(6,7)8/h13-16,22-23,27-29H,10-12,17-20H2,1-9H3,(H,37,46)(H,38,47)/t22?,23?,27-,28?,29?,36+/m0/s1. The van der Waals surface area contributed by atoms with Gasteiger partial charge in [0.1, 0.15) is 35.4 Å². The number of carbonyl (C=O) groups excluding carboxylic acids is 7. The van der Waals surface area contributed by atoms with E-state index in [2.05, 4.69) is 10.6 Å². The van der Waals surface area contributed by atoms with E-state index in [1.165, 1.54) is 37.5 Å². The number of nitrogens with one attached hydrogen (secondary N) is 2. The van der Waals surface area contributed by atoms with Crippen molar-refractivity contribution in [3.8, 4) is 0 Å². The molecule has 0 aliphatic carbocycles. The molecule has 282 valence electrons. The lowest BCUT2D eigenvalue weighted by Crippen LogP contribution is -2.65. The van der Waals surface area contributed by atoms with Gasteiger partial charge in [-0.15, -0.1) is 0 Å². The van der Waals surface area contributed by atoms with E-state index in [0.29, 0.717) is 12.8 Å². The quantitative estimate of drug-likeness (QED) is 0.239. The molecule has 0 bridgehead atoms. The van der Waals surface area contributed by atoms with Gasteiger partial charge in [0.15, 0.2) is 6.04 Å². The van der Waals surface area contributed by atoms with Crippen LogP contribution in [0.4, 0.5) is 4.79 Å². The number of hydrogen-bond acceptors (Lipinski definition) is 11. The number of ether oxygens (including phenoxy) is 4. The number of methoxy groups -OCH3 is 1. The van der Waals surface area contributed by atoms with Crippen LogP contribution in [0.5, 0.6) is 0 Å². The fourth-order valence-corrected chi connectivity index (χ4v) is 6.63. The molecule has 3 rings (SSSR count). The van der Waals surface area contributed by atoms with Crippen LogP contribution in [0.25, 0.3) is 0 Å². The topological polar surface area (TPSA) is 187 Å². The highest BCUT2D eigenvalue weighted by atomic mass is 16.6. The minimum atomic E-state index is -1.49. The molecule has 2 heterocycles. The van der Waals surface area contributed by atoms with Gasteiger partial charge in [-0.25, -0.2) is 9.59 Å². The van der Waals surface area contributed by atoms with Crippen molar-refractivity contribution in [2.75, 3.05) is 20.2 Å². The second kappa shape index (κ2) is 17.0. The van der Waals surface area contributed by atoms with Crippen molar-refractivity contribution in [3.05, 3.63) is 35.4 Å². The first-order valence-corrected chi connectivity index (χ1v) is 17.2. The minimum absolute atomic E-state index is 0.0909. The molecule has 4 amide bonds. The lowest BCUT2D eigenvalue weighted by atomic mass is 9.85. The number of amides is 4. The van der Waals surface area contributed by atoms with Crippen LogP contribution in [0.3, 0.4) is 0 Å². The van der Waals surface area contributed by atoms with Gasteiger partial charge in [-0.05, 0) is 72.8 Å². The molecule has 6 atom stereocenters. The van der Waals surface area contributed by atoms with Crippen molar-refractivity contribution in [3.63, 3.8) is 0 Å². The first-order chi connectivity index (χ1) is 23.8. The van der Waals surface area contributed by atoms with Crippen LogP contribution in [0.1, 0.15) is 85.3 Å². The molecule has 0 spiro atoms. The zero-order valence-corrected chi connectivity index (χ0v) is 31.0. The summed E-state index contributed by atoms with van der Waals surface area (Å²) in [6.07, 6.45) is -1.59. The molecule has 4 unspecified atom stereocenters. The molecule has 2 aliphatic heterocycles. The zero-order valence-electron chi connectivity index (χ0n) is 31.0. The number of alkyl carbamates (subject to hydrolysis) is 1. The zero-order chi connectivity index (χ0) is 38.3. The lowest BCUT2D eigenvalue weighted by molar-refractivity contribution is -0.159. The predicted octanol–water partition coefficient (Wildman–Crippen LogP) is 2.34. The maximum atomic E-state index is 14.7. The van der Waals surface area contributed by atoms with E-state index in [1.807, 2.05) is 31.2 Å². The number of carbonyl (C=O) groups is 7. The number of benzene rings is 1. The molecule has 51 heavy (non-hydrogen) atoms. The Hall–Kier alpha value is -4.69. The predicted molar refractivity (Wildman–Crippen MR) is 183 cm³/mol. The number of likely N-dealkylation sites (tertiary alicyclic amines) is 2. The summed E-state index contributed by atoms with van der Waals surface area (Å²) in [6.45, 7) is 12.5. The summed E-state index contributed by atoms with van der Waals surface area (Å²) in [5.41, 5.74) is -0.621. The Morgan fingerprint density at radius 1 is 0.882 bits per heavy atom. The molecule has 1 aromatic carbocycles. The van der Waals surface area contributed by atoms with E-state index < -0.39 is 83.2 Å². The summed E-state index contributed by atoms with van der Waals surface area (Å²) in [5, 5.41) is 5.23. The molecular weight excluding hydrogens is 664 g/mol. The van der Waals surface area contributed by atoms with E-state index in [0.717, 1.165) is 18.2 Å². The molecule has 0 aromatic heterocycles. The smallest absolute Gasteiger partial charge is 0.408 e. The van der Waals surface area contributed by atoms with Crippen LogP contribution >= 0.6 is 0 Å². The summed E-state index contributed by atoms with van der Waals surface area (Å²) in [5.74, 6) is -3.95. The van der Waals surface area contributed by atoms with Crippen molar-refractivity contribution in [1.82, 2.24) is 20.4 Å². The van der Waals surface area contributed by atoms with Crippen LogP contribution in [0.2, 0.25) is 0 Å². The molecule has 2 saturated heterocycles. The Kier molecular flexibility index (Phi) is 13.6. The van der Waals surface area contributed by atoms with Crippen LogP contribution < -0.4 is 10.6 Å². The van der Waals surface area contributed by atoms with Crippen molar-refractivity contribution in [2.24, 2.45) is 0 Å². The molecule has 2 fully saturated rings. The van der Waals surface area contributed by atoms with E-state index in [1.54, 1.807) is 20.8 Å². The van der Waals surface area contributed by atoms with Crippen molar-refractivity contribution >= 4 is 41.7 Å². The highest BCUT2D eigenvalue weighted by Gasteiger charge is 2.54. The van der Waals surface area contributed by atoms with Gasteiger partial charge in [-0.1, -0.05) is 29.8 Å². The molecule has 15 heteroatoms. The third-order valence-corrected chi connectivity index (χ3v) is 8.94. The Balaban J connectivity index is 2.01. The molecule has 1 aromatic rings. The molecule has 2 aliphatic rings. The second-order valence-corrected chi connectivity index (χ2v) is 14.2. The second-order valence-electron chi connectivity index (χ2n) is 14.2. The number of hydrogen-bond donors (Lipinski definition) is 2.